The molecular weight excluding hydrogens is 160 g/mol. The van der Waals surface area contributed by atoms with Crippen molar-refractivity contribution in [3.05, 3.63) is 18.2 Å². The fraction of sp³-hybridized carbons (Fsp3) is 0.625. The van der Waals surface area contributed by atoms with Crippen molar-refractivity contribution in [2.75, 3.05) is 0 Å². The molecule has 2 rings (SSSR count). The number of hydrogen-bond donors (Lipinski definition) is 0. The zero-order valence-electron chi connectivity index (χ0n) is 6.50. The maximum absolute atomic E-state index is 5.73. The van der Waals surface area contributed by atoms with E-state index >= 15 is 0 Å². The largest absolute Gasteiger partial charge is 0.330 e. The molecule has 0 amide bonds. The Balaban J connectivity index is 2.23. The summed E-state index contributed by atoms with van der Waals surface area (Å²) in [5.41, 5.74) is 1.14. The molecule has 0 aliphatic heterocycles. The van der Waals surface area contributed by atoms with Crippen LogP contribution in [0.2, 0.25) is 0 Å². The van der Waals surface area contributed by atoms with Crippen LogP contribution in [0.5, 0.6) is 0 Å². The smallest absolute Gasteiger partial charge is 0.0951 e. The Hall–Kier alpha value is -0.500. The van der Waals surface area contributed by atoms with E-state index < -0.39 is 0 Å². The van der Waals surface area contributed by atoms with Gasteiger partial charge in [-0.05, 0) is 12.3 Å². The Kier molecular flexibility index (Phi) is 1.64. The molecule has 1 heterocycles. The van der Waals surface area contributed by atoms with Crippen LogP contribution in [0.3, 0.4) is 0 Å². The molecule has 1 fully saturated rings. The number of rotatable bonds is 2. The summed E-state index contributed by atoms with van der Waals surface area (Å²) < 4.78 is 2.19. The molecule has 1 aromatic rings. The Morgan fingerprint density at radius 3 is 3.09 bits per heavy atom. The highest BCUT2D eigenvalue weighted by Gasteiger charge is 2.34. The van der Waals surface area contributed by atoms with Crippen LogP contribution in [0, 0.1) is 5.92 Å². The summed E-state index contributed by atoms with van der Waals surface area (Å²) in [5, 5.41) is 0. The molecule has 0 spiro atoms. The van der Waals surface area contributed by atoms with E-state index in [1.54, 1.807) is 0 Å². The van der Waals surface area contributed by atoms with Crippen LogP contribution < -0.4 is 0 Å². The highest BCUT2D eigenvalue weighted by atomic mass is 35.5. The molecule has 3 heteroatoms. The number of imidazole rings is 1. The third-order valence-corrected chi connectivity index (χ3v) is 2.58. The number of nitrogens with zero attached hydrogens (tertiary/aromatic N) is 2. The maximum Gasteiger partial charge on any atom is 0.0951 e. The SMILES string of the molecule is CC1CC1n1cncc1CCl. The van der Waals surface area contributed by atoms with Crippen LogP contribution >= 0.6 is 11.6 Å². The first-order chi connectivity index (χ1) is 5.33. The fourth-order valence-electron chi connectivity index (χ4n) is 1.42. The third kappa shape index (κ3) is 1.16. The molecule has 0 radical (unpaired) electrons. The Morgan fingerprint density at radius 2 is 2.55 bits per heavy atom. The van der Waals surface area contributed by atoms with Gasteiger partial charge >= 0.3 is 0 Å². The van der Waals surface area contributed by atoms with Crippen LogP contribution in [-0.2, 0) is 5.88 Å². The standard InChI is InChI=1S/C8H11ClN2/c1-6-2-8(6)11-5-10-4-7(11)3-9/h4-6,8H,2-3H2,1H3. The van der Waals surface area contributed by atoms with Gasteiger partial charge in [0.15, 0.2) is 0 Å². The quantitative estimate of drug-likeness (QED) is 0.623. The molecule has 0 saturated heterocycles. The molecule has 2 nitrogen and oxygen atoms in total. The minimum atomic E-state index is 0.573. The predicted molar refractivity (Wildman–Crippen MR) is 44.6 cm³/mol. The molecule has 11 heavy (non-hydrogen) atoms. The van der Waals surface area contributed by atoms with Crippen molar-refractivity contribution >= 4 is 11.6 Å². The summed E-state index contributed by atoms with van der Waals surface area (Å²) in [5.74, 6) is 1.38. The van der Waals surface area contributed by atoms with Gasteiger partial charge in [0.25, 0.3) is 0 Å². The monoisotopic (exact) mass is 170 g/mol. The normalized spacial score (nSPS) is 28.9. The van der Waals surface area contributed by atoms with E-state index in [4.69, 9.17) is 11.6 Å². The fourth-order valence-corrected chi connectivity index (χ4v) is 1.63. The zero-order valence-corrected chi connectivity index (χ0v) is 7.25. The molecule has 60 valence electrons. The number of alkyl halides is 1. The van der Waals surface area contributed by atoms with Crippen LogP contribution in [0.25, 0.3) is 0 Å². The Morgan fingerprint density at radius 1 is 1.82 bits per heavy atom. The molecule has 2 atom stereocenters. The van der Waals surface area contributed by atoms with Gasteiger partial charge < -0.3 is 4.57 Å². The first-order valence-electron chi connectivity index (χ1n) is 3.89. The first kappa shape index (κ1) is 7.17. The first-order valence-corrected chi connectivity index (χ1v) is 4.43. The minimum absolute atomic E-state index is 0.573. The average molecular weight is 171 g/mol. The van der Waals surface area contributed by atoms with Crippen molar-refractivity contribution in [3.8, 4) is 0 Å². The van der Waals surface area contributed by atoms with Crippen molar-refractivity contribution in [2.24, 2.45) is 5.92 Å². The van der Waals surface area contributed by atoms with Crippen molar-refractivity contribution in [1.82, 2.24) is 9.55 Å². The molecular formula is C8H11ClN2. The lowest BCUT2D eigenvalue weighted by molar-refractivity contribution is 0.664. The molecule has 1 saturated carbocycles. The highest BCUT2D eigenvalue weighted by molar-refractivity contribution is 6.16. The van der Waals surface area contributed by atoms with E-state index in [0.717, 1.165) is 11.6 Å². The predicted octanol–water partition coefficient (Wildman–Crippen LogP) is 2.20. The average Bonchev–Trinajstić information content (AvgIpc) is 2.58. The van der Waals surface area contributed by atoms with Gasteiger partial charge in [-0.2, -0.15) is 0 Å². The Bertz CT molecular complexity index is 256. The summed E-state index contributed by atoms with van der Waals surface area (Å²) in [6.45, 7) is 2.25. The van der Waals surface area contributed by atoms with Gasteiger partial charge in [0.05, 0.1) is 17.9 Å². The number of hydrogen-bond acceptors (Lipinski definition) is 1. The van der Waals surface area contributed by atoms with Gasteiger partial charge in [-0.3, -0.25) is 0 Å². The van der Waals surface area contributed by atoms with Crippen molar-refractivity contribution in [3.63, 3.8) is 0 Å². The van der Waals surface area contributed by atoms with Gasteiger partial charge in [-0.25, -0.2) is 4.98 Å². The lowest BCUT2D eigenvalue weighted by Crippen LogP contribution is -1.97. The van der Waals surface area contributed by atoms with Gasteiger partial charge in [-0.1, -0.05) is 6.92 Å². The summed E-state index contributed by atoms with van der Waals surface area (Å²) in [4.78, 5) is 4.07. The molecule has 1 aromatic heterocycles. The van der Waals surface area contributed by atoms with Crippen LogP contribution in [0.15, 0.2) is 12.5 Å². The molecule has 1 aliphatic carbocycles. The van der Waals surface area contributed by atoms with E-state index in [1.807, 2.05) is 12.5 Å². The third-order valence-electron chi connectivity index (χ3n) is 2.31. The molecule has 0 aromatic carbocycles. The molecule has 0 N–H and O–H groups in total. The summed E-state index contributed by atoms with van der Waals surface area (Å²) >= 11 is 5.73. The van der Waals surface area contributed by atoms with Crippen LogP contribution in [0.4, 0.5) is 0 Å². The summed E-state index contributed by atoms with van der Waals surface area (Å²) in [7, 11) is 0. The number of aromatic nitrogens is 2. The zero-order chi connectivity index (χ0) is 7.84. The topological polar surface area (TPSA) is 17.8 Å². The molecule has 1 aliphatic rings. The van der Waals surface area contributed by atoms with Gasteiger partial charge in [0, 0.05) is 12.2 Å². The number of halogens is 1. The van der Waals surface area contributed by atoms with Crippen molar-refractivity contribution in [2.45, 2.75) is 25.3 Å². The Labute approximate surface area is 71.2 Å². The highest BCUT2D eigenvalue weighted by Crippen LogP contribution is 2.43. The lowest BCUT2D eigenvalue weighted by atomic mass is 10.4. The second-order valence-corrected chi connectivity index (χ2v) is 3.47. The molecule has 0 bridgehead atoms. The van der Waals surface area contributed by atoms with Crippen molar-refractivity contribution in [1.29, 1.82) is 0 Å². The van der Waals surface area contributed by atoms with Crippen LogP contribution in [0.1, 0.15) is 25.1 Å². The van der Waals surface area contributed by atoms with E-state index in [-0.39, 0.29) is 0 Å². The van der Waals surface area contributed by atoms with E-state index in [2.05, 4.69) is 16.5 Å². The van der Waals surface area contributed by atoms with Gasteiger partial charge in [0.2, 0.25) is 0 Å². The second-order valence-electron chi connectivity index (χ2n) is 3.21. The minimum Gasteiger partial charge on any atom is -0.330 e. The van der Waals surface area contributed by atoms with E-state index in [9.17, 15) is 0 Å². The van der Waals surface area contributed by atoms with Gasteiger partial charge in [0.1, 0.15) is 0 Å². The van der Waals surface area contributed by atoms with Crippen molar-refractivity contribution < 1.29 is 0 Å². The summed E-state index contributed by atoms with van der Waals surface area (Å²) in [6.07, 6.45) is 5.00. The summed E-state index contributed by atoms with van der Waals surface area (Å²) in [6, 6.07) is 0.672. The second kappa shape index (κ2) is 2.52. The van der Waals surface area contributed by atoms with Crippen LogP contribution in [-0.4, -0.2) is 9.55 Å². The lowest BCUT2D eigenvalue weighted by Gasteiger charge is -2.02. The van der Waals surface area contributed by atoms with Gasteiger partial charge in [-0.15, -0.1) is 11.6 Å². The molecule has 2 unspecified atom stereocenters. The maximum atomic E-state index is 5.73. The van der Waals surface area contributed by atoms with E-state index in [0.29, 0.717) is 11.9 Å². The van der Waals surface area contributed by atoms with E-state index in [1.165, 1.54) is 6.42 Å².